The molecule has 1 heterocycles. The van der Waals surface area contributed by atoms with Gasteiger partial charge in [0, 0.05) is 6.04 Å². The fourth-order valence-electron chi connectivity index (χ4n) is 1.32. The number of nitrogens with zero attached hydrogens (tertiary/aromatic N) is 3. The maximum Gasteiger partial charge on any atom is 0.354 e. The number of aromatic nitrogens is 2. The highest BCUT2D eigenvalue weighted by atomic mass is 16.6. The standard InChI is InChI=1S/C9H15N7O3/c1-5(2)14-6(17)3-11-8-7(16(18)19)9(15-10)13-4-12-8/h4-5H,3,10H2,1-2H3,(H,14,17)(H2,11,12,13,15). The van der Waals surface area contributed by atoms with Crippen molar-refractivity contribution in [3.8, 4) is 0 Å². The average Bonchev–Trinajstić information content (AvgIpc) is 2.34. The summed E-state index contributed by atoms with van der Waals surface area (Å²) in [5.74, 6) is 4.62. The van der Waals surface area contributed by atoms with Crippen LogP contribution in [0.2, 0.25) is 0 Å². The van der Waals surface area contributed by atoms with E-state index in [4.69, 9.17) is 5.84 Å². The molecule has 0 saturated carbocycles. The van der Waals surface area contributed by atoms with Gasteiger partial charge in [-0.2, -0.15) is 0 Å². The van der Waals surface area contributed by atoms with Crippen LogP contribution < -0.4 is 21.9 Å². The SMILES string of the molecule is CC(C)NC(=O)CNc1ncnc(NN)c1[N+](=O)[O-]. The van der Waals surface area contributed by atoms with E-state index in [1.165, 1.54) is 0 Å². The molecule has 0 radical (unpaired) electrons. The lowest BCUT2D eigenvalue weighted by Crippen LogP contribution is -2.35. The second-order valence-electron chi connectivity index (χ2n) is 3.90. The third kappa shape index (κ3) is 4.03. The second kappa shape index (κ2) is 6.44. The number of carbonyl (C=O) groups excluding carboxylic acids is 1. The third-order valence-electron chi connectivity index (χ3n) is 2.01. The van der Waals surface area contributed by atoms with Crippen molar-refractivity contribution in [1.82, 2.24) is 15.3 Å². The van der Waals surface area contributed by atoms with Gasteiger partial charge in [-0.25, -0.2) is 15.8 Å². The van der Waals surface area contributed by atoms with Gasteiger partial charge < -0.3 is 16.1 Å². The lowest BCUT2D eigenvalue weighted by molar-refractivity contribution is -0.383. The van der Waals surface area contributed by atoms with Gasteiger partial charge in [0.25, 0.3) is 0 Å². The highest BCUT2D eigenvalue weighted by Crippen LogP contribution is 2.27. The Kier molecular flexibility index (Phi) is 4.94. The number of carbonyl (C=O) groups is 1. The van der Waals surface area contributed by atoms with Gasteiger partial charge in [-0.05, 0) is 13.8 Å². The maximum atomic E-state index is 11.4. The quantitative estimate of drug-likeness (QED) is 0.310. The summed E-state index contributed by atoms with van der Waals surface area (Å²) in [7, 11) is 0. The number of anilines is 2. The molecule has 0 unspecified atom stereocenters. The first-order chi connectivity index (χ1) is 8.95. The number of nitro groups is 1. The Morgan fingerprint density at radius 3 is 2.63 bits per heavy atom. The number of hydrogen-bond acceptors (Lipinski definition) is 8. The number of hydrogen-bond donors (Lipinski definition) is 4. The molecule has 0 fully saturated rings. The molecule has 1 rings (SSSR count). The summed E-state index contributed by atoms with van der Waals surface area (Å²) in [6, 6.07) is -0.0176. The van der Waals surface area contributed by atoms with Crippen molar-refractivity contribution >= 4 is 23.2 Å². The number of nitrogens with one attached hydrogen (secondary N) is 3. The van der Waals surface area contributed by atoms with Crippen molar-refractivity contribution in [2.24, 2.45) is 5.84 Å². The van der Waals surface area contributed by atoms with Gasteiger partial charge in [0.05, 0.1) is 11.5 Å². The number of amides is 1. The molecule has 1 aromatic rings. The van der Waals surface area contributed by atoms with Crippen LogP contribution in [-0.2, 0) is 4.79 Å². The number of nitrogen functional groups attached to an aromatic ring is 1. The summed E-state index contributed by atoms with van der Waals surface area (Å²) in [6.07, 6.45) is 1.10. The first-order valence-corrected chi connectivity index (χ1v) is 5.45. The van der Waals surface area contributed by atoms with Crippen LogP contribution in [0.4, 0.5) is 17.3 Å². The Hall–Kier alpha value is -2.49. The molecule has 104 valence electrons. The molecule has 0 bridgehead atoms. The zero-order valence-corrected chi connectivity index (χ0v) is 10.5. The molecule has 10 nitrogen and oxygen atoms in total. The Morgan fingerprint density at radius 1 is 1.47 bits per heavy atom. The van der Waals surface area contributed by atoms with Gasteiger partial charge >= 0.3 is 5.69 Å². The van der Waals surface area contributed by atoms with Crippen molar-refractivity contribution < 1.29 is 9.72 Å². The summed E-state index contributed by atoms with van der Waals surface area (Å²) in [6.45, 7) is 3.48. The highest BCUT2D eigenvalue weighted by Gasteiger charge is 2.22. The fraction of sp³-hybridized carbons (Fsp3) is 0.444. The highest BCUT2D eigenvalue weighted by molar-refractivity contribution is 5.82. The van der Waals surface area contributed by atoms with Crippen LogP contribution in [0.5, 0.6) is 0 Å². The van der Waals surface area contributed by atoms with Crippen LogP contribution >= 0.6 is 0 Å². The van der Waals surface area contributed by atoms with Gasteiger partial charge in [-0.15, -0.1) is 0 Å². The van der Waals surface area contributed by atoms with E-state index in [9.17, 15) is 14.9 Å². The van der Waals surface area contributed by atoms with E-state index >= 15 is 0 Å². The largest absolute Gasteiger partial charge is 0.355 e. The van der Waals surface area contributed by atoms with Crippen molar-refractivity contribution in [2.45, 2.75) is 19.9 Å². The van der Waals surface area contributed by atoms with Gasteiger partial charge in [0.2, 0.25) is 17.5 Å². The molecule has 0 spiro atoms. The molecule has 19 heavy (non-hydrogen) atoms. The van der Waals surface area contributed by atoms with Crippen LogP contribution in [0.25, 0.3) is 0 Å². The predicted molar refractivity (Wildman–Crippen MR) is 68.3 cm³/mol. The van der Waals surface area contributed by atoms with E-state index in [0.717, 1.165) is 6.33 Å². The smallest absolute Gasteiger partial charge is 0.354 e. The van der Waals surface area contributed by atoms with Gasteiger partial charge in [-0.1, -0.05) is 0 Å². The minimum atomic E-state index is -0.683. The van der Waals surface area contributed by atoms with Crippen LogP contribution in [0.3, 0.4) is 0 Å². The summed E-state index contributed by atoms with van der Waals surface area (Å²) < 4.78 is 0. The van der Waals surface area contributed by atoms with Crippen LogP contribution in [0, 0.1) is 10.1 Å². The molecule has 1 aromatic heterocycles. The molecule has 0 aliphatic rings. The van der Waals surface area contributed by atoms with E-state index in [-0.39, 0.29) is 30.1 Å². The first-order valence-electron chi connectivity index (χ1n) is 5.45. The number of hydrazine groups is 1. The third-order valence-corrected chi connectivity index (χ3v) is 2.01. The molecule has 0 aliphatic carbocycles. The Balaban J connectivity index is 2.84. The molecule has 0 aliphatic heterocycles. The molecule has 1 amide bonds. The maximum absolute atomic E-state index is 11.4. The zero-order valence-electron chi connectivity index (χ0n) is 10.5. The lowest BCUT2D eigenvalue weighted by Gasteiger charge is -2.10. The Labute approximate surface area is 108 Å². The molecule has 10 heteroatoms. The predicted octanol–water partition coefficient (Wildman–Crippen LogP) is -0.393. The molecule has 0 atom stereocenters. The minimum absolute atomic E-state index is 0.0176. The van der Waals surface area contributed by atoms with Gasteiger partial charge in [0.1, 0.15) is 6.33 Å². The van der Waals surface area contributed by atoms with Crippen LogP contribution in [0.1, 0.15) is 13.8 Å². The number of nitrogens with two attached hydrogens (primary N) is 1. The monoisotopic (exact) mass is 269 g/mol. The van der Waals surface area contributed by atoms with E-state index in [0.29, 0.717) is 0 Å². The summed E-state index contributed by atoms with van der Waals surface area (Å²) >= 11 is 0. The summed E-state index contributed by atoms with van der Waals surface area (Å²) in [5, 5.41) is 16.1. The fourth-order valence-corrected chi connectivity index (χ4v) is 1.32. The lowest BCUT2D eigenvalue weighted by atomic mass is 10.4. The van der Waals surface area contributed by atoms with Crippen molar-refractivity contribution in [2.75, 3.05) is 17.3 Å². The van der Waals surface area contributed by atoms with Crippen molar-refractivity contribution in [1.29, 1.82) is 0 Å². The second-order valence-corrected chi connectivity index (χ2v) is 3.90. The Bertz CT molecular complexity index is 477. The molecule has 5 N–H and O–H groups in total. The normalized spacial score (nSPS) is 10.1. The van der Waals surface area contributed by atoms with Crippen molar-refractivity contribution in [3.05, 3.63) is 16.4 Å². The molecule has 0 saturated heterocycles. The molecular weight excluding hydrogens is 254 g/mol. The zero-order chi connectivity index (χ0) is 14.4. The van der Waals surface area contributed by atoms with Gasteiger partial charge in [-0.3, -0.25) is 14.9 Å². The van der Waals surface area contributed by atoms with E-state index in [1.54, 1.807) is 0 Å². The molecular formula is C9H15N7O3. The average molecular weight is 269 g/mol. The minimum Gasteiger partial charge on any atom is -0.355 e. The Morgan fingerprint density at radius 2 is 2.11 bits per heavy atom. The first kappa shape index (κ1) is 14.6. The van der Waals surface area contributed by atoms with Crippen LogP contribution in [-0.4, -0.2) is 33.4 Å². The van der Waals surface area contributed by atoms with E-state index < -0.39 is 10.6 Å². The number of rotatable bonds is 6. The van der Waals surface area contributed by atoms with E-state index in [1.807, 2.05) is 13.8 Å². The van der Waals surface area contributed by atoms with Crippen molar-refractivity contribution in [3.63, 3.8) is 0 Å². The summed E-state index contributed by atoms with van der Waals surface area (Å²) in [4.78, 5) is 29.0. The molecule has 0 aromatic carbocycles. The van der Waals surface area contributed by atoms with E-state index in [2.05, 4.69) is 26.0 Å². The van der Waals surface area contributed by atoms with Crippen LogP contribution in [0.15, 0.2) is 6.33 Å². The topological polar surface area (TPSA) is 148 Å². The van der Waals surface area contributed by atoms with Gasteiger partial charge in [0.15, 0.2) is 0 Å². The summed E-state index contributed by atoms with van der Waals surface area (Å²) in [5.41, 5.74) is 1.69.